The predicted molar refractivity (Wildman–Crippen MR) is 122 cm³/mol. The molecule has 1 aromatic carbocycles. The number of hydrogen-bond donors (Lipinski definition) is 1. The number of anilines is 2. The van der Waals surface area contributed by atoms with Gasteiger partial charge in [0, 0.05) is 31.4 Å². The van der Waals surface area contributed by atoms with Gasteiger partial charge in [-0.1, -0.05) is 13.8 Å². The van der Waals surface area contributed by atoms with E-state index in [1.807, 2.05) is 62.0 Å². The highest BCUT2D eigenvalue weighted by atomic mass is 32.1. The maximum atomic E-state index is 12.8. The summed E-state index contributed by atoms with van der Waals surface area (Å²) < 4.78 is 6.57. The number of nitrogens with zero attached hydrogens (tertiary/aromatic N) is 3. The lowest BCUT2D eigenvalue weighted by molar-refractivity contribution is 0.0600. The van der Waals surface area contributed by atoms with Crippen molar-refractivity contribution in [2.75, 3.05) is 31.4 Å². The van der Waals surface area contributed by atoms with Gasteiger partial charge in [-0.3, -0.25) is 4.79 Å². The van der Waals surface area contributed by atoms with Crippen molar-refractivity contribution in [1.82, 2.24) is 9.55 Å². The number of carbonyl (C=O) groups is 2. The van der Waals surface area contributed by atoms with Crippen molar-refractivity contribution in [2.24, 2.45) is 0 Å². The van der Waals surface area contributed by atoms with Crippen molar-refractivity contribution >= 4 is 34.0 Å². The molecule has 0 saturated carbocycles. The number of benzene rings is 1. The SMILES string of the molecule is CC.COC(=O)c1ccc(NC(=O)c2cc(C)cn2Cc2csc(N(C)C)n2)cc1. The number of esters is 1. The molecule has 3 rings (SSSR count). The van der Waals surface area contributed by atoms with Crippen LogP contribution in [0.5, 0.6) is 0 Å². The molecule has 3 aromatic rings. The molecule has 0 radical (unpaired) electrons. The number of nitrogens with one attached hydrogen (secondary N) is 1. The molecule has 8 heteroatoms. The molecule has 0 aliphatic heterocycles. The molecule has 1 N–H and O–H groups in total. The molecule has 0 aliphatic carbocycles. The van der Waals surface area contributed by atoms with Crippen molar-refractivity contribution in [3.8, 4) is 0 Å². The van der Waals surface area contributed by atoms with Gasteiger partial charge in [0.05, 0.1) is 24.9 Å². The minimum atomic E-state index is -0.414. The van der Waals surface area contributed by atoms with Gasteiger partial charge >= 0.3 is 5.97 Å². The van der Waals surface area contributed by atoms with Crippen molar-refractivity contribution in [1.29, 1.82) is 0 Å². The lowest BCUT2D eigenvalue weighted by atomic mass is 10.2. The molecular formula is C22H28N4O3S. The molecule has 0 aliphatic rings. The van der Waals surface area contributed by atoms with Gasteiger partial charge in [0.15, 0.2) is 5.13 Å². The van der Waals surface area contributed by atoms with Crippen molar-refractivity contribution in [3.63, 3.8) is 0 Å². The van der Waals surface area contributed by atoms with Crippen molar-refractivity contribution in [3.05, 3.63) is 64.4 Å². The average molecular weight is 429 g/mol. The summed E-state index contributed by atoms with van der Waals surface area (Å²) >= 11 is 1.57. The van der Waals surface area contributed by atoms with Gasteiger partial charge in [0.25, 0.3) is 5.91 Å². The van der Waals surface area contributed by atoms with Crippen LogP contribution in [0, 0.1) is 6.92 Å². The Kier molecular flexibility index (Phi) is 8.17. The molecular weight excluding hydrogens is 400 g/mol. The standard InChI is InChI=1S/C20H22N4O3S.C2H6/c1-13-9-17(24(10-13)11-16-12-28-20(22-16)23(2)3)18(25)21-15-7-5-14(6-8-15)19(26)27-4;1-2/h5-10,12H,11H2,1-4H3,(H,21,25);1-2H3. The van der Waals surface area contributed by atoms with Gasteiger partial charge in [-0.25, -0.2) is 9.78 Å². The minimum absolute atomic E-state index is 0.220. The number of amides is 1. The molecule has 160 valence electrons. The Morgan fingerprint density at radius 1 is 1.20 bits per heavy atom. The van der Waals surface area contributed by atoms with Gasteiger partial charge in [-0.15, -0.1) is 11.3 Å². The van der Waals surface area contributed by atoms with Crippen LogP contribution >= 0.6 is 11.3 Å². The first kappa shape index (κ1) is 23.2. The normalized spacial score (nSPS) is 10.1. The number of methoxy groups -OCH3 is 1. The van der Waals surface area contributed by atoms with Crippen LogP contribution in [0.25, 0.3) is 0 Å². The Bertz CT molecular complexity index is 990. The zero-order chi connectivity index (χ0) is 22.3. The number of ether oxygens (including phenoxy) is 1. The van der Waals surface area contributed by atoms with Gasteiger partial charge in [0.2, 0.25) is 0 Å². The zero-order valence-electron chi connectivity index (χ0n) is 18.2. The number of hydrogen-bond acceptors (Lipinski definition) is 6. The van der Waals surface area contributed by atoms with Gasteiger partial charge < -0.3 is 19.5 Å². The molecule has 30 heavy (non-hydrogen) atoms. The summed E-state index contributed by atoms with van der Waals surface area (Å²) in [6, 6.07) is 8.42. The van der Waals surface area contributed by atoms with E-state index in [0.717, 1.165) is 16.4 Å². The Morgan fingerprint density at radius 2 is 1.87 bits per heavy atom. The van der Waals surface area contributed by atoms with E-state index in [4.69, 9.17) is 0 Å². The molecule has 2 aromatic heterocycles. The van der Waals surface area contributed by atoms with Crippen molar-refractivity contribution in [2.45, 2.75) is 27.3 Å². The third-order valence-corrected chi connectivity index (χ3v) is 5.14. The highest BCUT2D eigenvalue weighted by Gasteiger charge is 2.15. The van der Waals surface area contributed by atoms with E-state index in [1.54, 1.807) is 35.6 Å². The smallest absolute Gasteiger partial charge is 0.337 e. The van der Waals surface area contributed by atoms with E-state index in [9.17, 15) is 9.59 Å². The van der Waals surface area contributed by atoms with Crippen LogP contribution in [-0.4, -0.2) is 42.6 Å². The van der Waals surface area contributed by atoms with E-state index in [2.05, 4.69) is 15.0 Å². The molecule has 0 bridgehead atoms. The summed E-state index contributed by atoms with van der Waals surface area (Å²) in [6.45, 7) is 6.47. The third kappa shape index (κ3) is 5.70. The van der Waals surface area contributed by atoms with Crippen LogP contribution in [0.2, 0.25) is 0 Å². The Balaban J connectivity index is 0.00000155. The largest absolute Gasteiger partial charge is 0.465 e. The predicted octanol–water partition coefficient (Wildman–Crippen LogP) is 4.43. The molecule has 2 heterocycles. The maximum Gasteiger partial charge on any atom is 0.337 e. The number of carbonyl (C=O) groups excluding carboxylic acids is 2. The van der Waals surface area contributed by atoms with E-state index in [1.165, 1.54) is 7.11 Å². The van der Waals surface area contributed by atoms with Gasteiger partial charge in [0.1, 0.15) is 5.69 Å². The summed E-state index contributed by atoms with van der Waals surface area (Å²) in [5.41, 5.74) is 3.48. The lowest BCUT2D eigenvalue weighted by Gasteiger charge is -2.10. The summed E-state index contributed by atoms with van der Waals surface area (Å²) in [7, 11) is 5.23. The van der Waals surface area contributed by atoms with Crippen LogP contribution in [0.3, 0.4) is 0 Å². The minimum Gasteiger partial charge on any atom is -0.465 e. The first-order chi connectivity index (χ1) is 14.4. The quantitative estimate of drug-likeness (QED) is 0.588. The second-order valence-corrected chi connectivity index (χ2v) is 7.41. The van der Waals surface area contributed by atoms with Crippen molar-refractivity contribution < 1.29 is 14.3 Å². The maximum absolute atomic E-state index is 12.8. The Hall–Kier alpha value is -3.13. The van der Waals surface area contributed by atoms with Crippen LogP contribution < -0.4 is 10.2 Å². The average Bonchev–Trinajstić information content (AvgIpc) is 3.36. The summed E-state index contributed by atoms with van der Waals surface area (Å²) in [5.74, 6) is -0.635. The fourth-order valence-electron chi connectivity index (χ4n) is 2.73. The molecule has 7 nitrogen and oxygen atoms in total. The molecule has 1 amide bonds. The third-order valence-electron chi connectivity index (χ3n) is 4.08. The Morgan fingerprint density at radius 3 is 2.43 bits per heavy atom. The van der Waals surface area contributed by atoms with Crippen LogP contribution in [-0.2, 0) is 11.3 Å². The fourth-order valence-corrected chi connectivity index (χ4v) is 3.48. The summed E-state index contributed by atoms with van der Waals surface area (Å²) in [6.07, 6.45) is 1.93. The monoisotopic (exact) mass is 428 g/mol. The van der Waals surface area contributed by atoms with Crippen LogP contribution in [0.15, 0.2) is 41.9 Å². The highest BCUT2D eigenvalue weighted by molar-refractivity contribution is 7.13. The molecule has 0 unspecified atom stereocenters. The number of aryl methyl sites for hydroxylation is 1. The van der Waals surface area contributed by atoms with E-state index in [0.29, 0.717) is 23.5 Å². The first-order valence-electron chi connectivity index (χ1n) is 9.65. The first-order valence-corrected chi connectivity index (χ1v) is 10.5. The van der Waals surface area contributed by atoms with E-state index in [-0.39, 0.29) is 5.91 Å². The molecule has 0 fully saturated rings. The zero-order valence-corrected chi connectivity index (χ0v) is 19.0. The van der Waals surface area contributed by atoms with E-state index >= 15 is 0 Å². The second-order valence-electron chi connectivity index (χ2n) is 6.57. The Labute approximate surface area is 181 Å². The highest BCUT2D eigenvalue weighted by Crippen LogP contribution is 2.20. The lowest BCUT2D eigenvalue weighted by Crippen LogP contribution is -2.17. The number of aromatic nitrogens is 2. The van der Waals surface area contributed by atoms with Gasteiger partial charge in [-0.05, 0) is 42.8 Å². The molecule has 0 atom stereocenters. The topological polar surface area (TPSA) is 76.5 Å². The summed E-state index contributed by atoms with van der Waals surface area (Å²) in [5, 5.41) is 5.79. The van der Waals surface area contributed by atoms with Crippen LogP contribution in [0.4, 0.5) is 10.8 Å². The van der Waals surface area contributed by atoms with E-state index < -0.39 is 5.97 Å². The molecule has 0 spiro atoms. The number of thiazole rings is 1. The van der Waals surface area contributed by atoms with Gasteiger partial charge in [-0.2, -0.15) is 0 Å². The second kappa shape index (κ2) is 10.6. The van der Waals surface area contributed by atoms with Crippen LogP contribution in [0.1, 0.15) is 46.0 Å². The molecule has 0 saturated heterocycles. The summed E-state index contributed by atoms with van der Waals surface area (Å²) in [4.78, 5) is 30.8. The fraction of sp³-hybridized carbons (Fsp3) is 0.318. The number of rotatable bonds is 6.